The Morgan fingerprint density at radius 3 is 2.25 bits per heavy atom. The second-order valence-corrected chi connectivity index (χ2v) is 15.1. The van der Waals surface area contributed by atoms with Crippen molar-refractivity contribution in [1.82, 2.24) is 0 Å². The summed E-state index contributed by atoms with van der Waals surface area (Å²) in [5, 5.41) is 9.68. The first-order chi connectivity index (χ1) is 22.8. The standard InChI is InChI=1S/C44H63N2O2/c1-33(19-21-41-37(5)42(48-30-26-45)22-25-44(41,8)9)13-10-15-35(3)31-39-32-38(23-27-46(39)28-29-47)17-11-14-34(2)18-20-40-36(4)16-12-24-43(40,6)7/h10-11,13-15,17-21,23,27,31-32,42,47H,12,16,22,24-26,28-30,45H2,1-9H3/q+1/p+1/b15-10+,17-11+,20-18+,21-19+,33-13+,34-14+,35-31+. The molecule has 0 aromatic carbocycles. The topological polar surface area (TPSA) is 61.0 Å². The molecule has 2 aliphatic rings. The quantitative estimate of drug-likeness (QED) is 0.156. The van der Waals surface area contributed by atoms with Crippen LogP contribution in [0.1, 0.15) is 106 Å². The predicted octanol–water partition coefficient (Wildman–Crippen LogP) is 9.23. The summed E-state index contributed by atoms with van der Waals surface area (Å²) in [7, 11) is 0. The Balaban J connectivity index is 1.73. The number of aliphatic hydroxyl groups is 1. The Morgan fingerprint density at radius 1 is 0.917 bits per heavy atom. The summed E-state index contributed by atoms with van der Waals surface area (Å²) in [6.45, 7) is 22.5. The normalized spacial score (nSPS) is 21.2. The van der Waals surface area contributed by atoms with Gasteiger partial charge in [0.2, 0.25) is 5.69 Å². The predicted molar refractivity (Wildman–Crippen MR) is 205 cm³/mol. The maximum atomic E-state index is 9.68. The molecule has 1 aromatic rings. The van der Waals surface area contributed by atoms with Crippen molar-refractivity contribution in [1.29, 1.82) is 0 Å². The molecule has 0 saturated heterocycles. The molecule has 1 heterocycles. The van der Waals surface area contributed by atoms with Crippen LogP contribution in [0.4, 0.5) is 0 Å². The van der Waals surface area contributed by atoms with Crippen LogP contribution in [0.5, 0.6) is 0 Å². The Bertz CT molecular complexity index is 1530. The molecule has 48 heavy (non-hydrogen) atoms. The molecule has 260 valence electrons. The molecule has 0 aliphatic heterocycles. The lowest BCUT2D eigenvalue weighted by molar-refractivity contribution is -0.699. The van der Waals surface area contributed by atoms with Crippen molar-refractivity contribution in [2.75, 3.05) is 19.8 Å². The third-order valence-electron chi connectivity index (χ3n) is 9.88. The minimum absolute atomic E-state index is 0.0974. The van der Waals surface area contributed by atoms with Crippen molar-refractivity contribution in [3.63, 3.8) is 0 Å². The minimum Gasteiger partial charge on any atom is -0.390 e. The van der Waals surface area contributed by atoms with E-state index in [2.05, 4.69) is 158 Å². The Labute approximate surface area is 292 Å². The molecular weight excluding hydrogens is 588 g/mol. The fourth-order valence-corrected chi connectivity index (χ4v) is 6.94. The van der Waals surface area contributed by atoms with Gasteiger partial charge in [-0.3, -0.25) is 0 Å². The average molecular weight is 653 g/mol. The molecule has 0 fully saturated rings. The average Bonchev–Trinajstić information content (AvgIpc) is 3.01. The largest absolute Gasteiger partial charge is 0.390 e. The third-order valence-corrected chi connectivity index (χ3v) is 9.88. The van der Waals surface area contributed by atoms with Crippen LogP contribution < -0.4 is 10.3 Å². The van der Waals surface area contributed by atoms with Crippen LogP contribution in [-0.4, -0.2) is 31.0 Å². The second kappa shape index (κ2) is 18.5. The highest BCUT2D eigenvalue weighted by Crippen LogP contribution is 2.42. The van der Waals surface area contributed by atoms with Gasteiger partial charge < -0.3 is 15.6 Å². The van der Waals surface area contributed by atoms with Gasteiger partial charge in [0.15, 0.2) is 12.7 Å². The first-order valence-corrected chi connectivity index (χ1v) is 18.0. The highest BCUT2D eigenvalue weighted by Gasteiger charge is 2.32. The van der Waals surface area contributed by atoms with Gasteiger partial charge in [-0.05, 0) is 105 Å². The number of aliphatic hydroxyl groups excluding tert-OH is 1. The van der Waals surface area contributed by atoms with Gasteiger partial charge in [0.05, 0.1) is 19.3 Å². The summed E-state index contributed by atoms with van der Waals surface area (Å²) in [6, 6.07) is 4.28. The zero-order valence-corrected chi connectivity index (χ0v) is 31.5. The van der Waals surface area contributed by atoms with E-state index in [4.69, 9.17) is 4.74 Å². The maximum absolute atomic E-state index is 9.68. The van der Waals surface area contributed by atoms with Gasteiger partial charge in [0, 0.05) is 18.2 Å². The maximum Gasteiger partial charge on any atom is 0.206 e. The number of quaternary nitrogens is 1. The number of hydrogen-bond acceptors (Lipinski definition) is 2. The van der Waals surface area contributed by atoms with Crippen LogP contribution in [0, 0.1) is 10.8 Å². The zero-order valence-electron chi connectivity index (χ0n) is 31.5. The first kappa shape index (κ1) is 39.1. The van der Waals surface area contributed by atoms with E-state index in [0.29, 0.717) is 13.2 Å². The number of aromatic nitrogens is 1. The fourth-order valence-electron chi connectivity index (χ4n) is 6.94. The molecule has 3 rings (SSSR count). The molecule has 1 unspecified atom stereocenters. The number of rotatable bonds is 14. The van der Waals surface area contributed by atoms with Gasteiger partial charge in [-0.2, -0.15) is 4.57 Å². The molecule has 4 N–H and O–H groups in total. The number of ether oxygens (including phenoxy) is 1. The van der Waals surface area contributed by atoms with Crippen molar-refractivity contribution < 1.29 is 20.1 Å². The van der Waals surface area contributed by atoms with Crippen molar-refractivity contribution in [2.45, 2.75) is 107 Å². The van der Waals surface area contributed by atoms with Crippen LogP contribution in [0.25, 0.3) is 12.2 Å². The third kappa shape index (κ3) is 11.7. The van der Waals surface area contributed by atoms with Crippen molar-refractivity contribution in [3.8, 4) is 0 Å². The number of nitrogens with zero attached hydrogens (tertiary/aromatic N) is 1. The molecule has 4 nitrogen and oxygen atoms in total. The Morgan fingerprint density at radius 2 is 1.58 bits per heavy atom. The van der Waals surface area contributed by atoms with E-state index in [-0.39, 0.29) is 23.5 Å². The molecule has 0 radical (unpaired) electrons. The van der Waals surface area contributed by atoms with Gasteiger partial charge in [-0.25, -0.2) is 0 Å². The highest BCUT2D eigenvalue weighted by atomic mass is 16.5. The van der Waals surface area contributed by atoms with E-state index in [1.807, 2.05) is 0 Å². The molecular formula is C44H64N2O2+2. The van der Waals surface area contributed by atoms with Crippen LogP contribution >= 0.6 is 0 Å². The van der Waals surface area contributed by atoms with E-state index in [1.165, 1.54) is 52.7 Å². The number of hydrogen-bond donors (Lipinski definition) is 2. The van der Waals surface area contributed by atoms with Crippen molar-refractivity contribution in [2.24, 2.45) is 10.8 Å². The number of pyridine rings is 1. The summed E-state index contributed by atoms with van der Waals surface area (Å²) in [5.41, 5.74) is 15.8. The Hall–Kier alpha value is -3.31. The van der Waals surface area contributed by atoms with Crippen molar-refractivity contribution >= 4 is 12.2 Å². The van der Waals surface area contributed by atoms with Gasteiger partial charge in [-0.1, -0.05) is 105 Å². The van der Waals surface area contributed by atoms with Gasteiger partial charge in [-0.15, -0.1) is 0 Å². The Kier molecular flexibility index (Phi) is 15.0. The van der Waals surface area contributed by atoms with E-state index >= 15 is 0 Å². The van der Waals surface area contributed by atoms with Crippen molar-refractivity contribution in [3.05, 3.63) is 123 Å². The second-order valence-electron chi connectivity index (χ2n) is 15.1. The SMILES string of the molecule is CC1=C(/C=C/C(C)=C/C=C/c2cc[n+](CCO)c(/C=C(C)/C=C/C=C(C)/C=C/C3=C(C)C(OCC[NH3+])CCC3(C)C)c2)C(C)(C)CCC1. The lowest BCUT2D eigenvalue weighted by atomic mass is 9.71. The van der Waals surface area contributed by atoms with Gasteiger partial charge >= 0.3 is 0 Å². The molecule has 0 bridgehead atoms. The summed E-state index contributed by atoms with van der Waals surface area (Å²) in [5.74, 6) is 0. The van der Waals surface area contributed by atoms with Crippen LogP contribution in [0.2, 0.25) is 0 Å². The lowest BCUT2D eigenvalue weighted by Crippen LogP contribution is -2.52. The smallest absolute Gasteiger partial charge is 0.206 e. The van der Waals surface area contributed by atoms with E-state index in [9.17, 15) is 5.11 Å². The lowest BCUT2D eigenvalue weighted by Gasteiger charge is -2.37. The summed E-state index contributed by atoms with van der Waals surface area (Å²) in [4.78, 5) is 0. The van der Waals surface area contributed by atoms with Gasteiger partial charge in [0.25, 0.3) is 0 Å². The summed E-state index contributed by atoms with van der Waals surface area (Å²) >= 11 is 0. The molecule has 2 aliphatic carbocycles. The zero-order chi connectivity index (χ0) is 35.3. The monoisotopic (exact) mass is 652 g/mol. The number of allylic oxidation sites excluding steroid dienone is 15. The van der Waals surface area contributed by atoms with Crippen LogP contribution in [0.15, 0.2) is 112 Å². The van der Waals surface area contributed by atoms with E-state index < -0.39 is 0 Å². The molecule has 0 spiro atoms. The summed E-state index contributed by atoms with van der Waals surface area (Å²) < 4.78 is 8.20. The minimum atomic E-state index is 0.0974. The van der Waals surface area contributed by atoms with Crippen LogP contribution in [-0.2, 0) is 11.3 Å². The van der Waals surface area contributed by atoms with E-state index in [1.54, 1.807) is 0 Å². The summed E-state index contributed by atoms with van der Waals surface area (Å²) in [6.07, 6.45) is 32.3. The van der Waals surface area contributed by atoms with Gasteiger partial charge in [0.1, 0.15) is 6.61 Å². The molecule has 0 amide bonds. The molecule has 0 saturated carbocycles. The fraction of sp³-hybridized carbons (Fsp3) is 0.477. The van der Waals surface area contributed by atoms with Crippen LogP contribution in [0.3, 0.4) is 0 Å². The molecule has 1 atom stereocenters. The van der Waals surface area contributed by atoms with E-state index in [0.717, 1.165) is 36.2 Å². The molecule has 1 aromatic heterocycles. The first-order valence-electron chi connectivity index (χ1n) is 18.0. The molecule has 4 heteroatoms. The highest BCUT2D eigenvalue weighted by molar-refractivity contribution is 5.57.